The van der Waals surface area contributed by atoms with Crippen molar-refractivity contribution in [2.45, 2.75) is 129 Å². The van der Waals surface area contributed by atoms with E-state index in [4.69, 9.17) is 11.5 Å². The minimum atomic E-state index is 0.396. The quantitative estimate of drug-likeness (QED) is 0.0863. The monoisotopic (exact) mass is 616 g/mol. The van der Waals surface area contributed by atoms with Crippen LogP contribution in [0.3, 0.4) is 0 Å². The van der Waals surface area contributed by atoms with E-state index < -0.39 is 0 Å². The first-order chi connectivity index (χ1) is 22.4. The van der Waals surface area contributed by atoms with Crippen molar-refractivity contribution in [1.29, 1.82) is 0 Å². The van der Waals surface area contributed by atoms with Crippen LogP contribution in [0.15, 0.2) is 84.9 Å². The molecule has 0 aromatic heterocycles. The molecule has 2 atom stereocenters. The second-order valence-electron chi connectivity index (χ2n) is 13.7. The maximum atomic E-state index is 6.11. The summed E-state index contributed by atoms with van der Waals surface area (Å²) in [4.78, 5) is 0. The Labute approximate surface area is 281 Å². The molecule has 4 aromatic carbocycles. The Hall–Kier alpha value is -3.52. The molecule has 46 heavy (non-hydrogen) atoms. The average molecular weight is 617 g/mol. The van der Waals surface area contributed by atoms with E-state index in [1.807, 2.05) is 0 Å². The van der Waals surface area contributed by atoms with E-state index in [0.717, 1.165) is 37.1 Å². The van der Waals surface area contributed by atoms with Gasteiger partial charge in [-0.15, -0.1) is 0 Å². The third kappa shape index (κ3) is 9.50. The first-order valence-electron chi connectivity index (χ1n) is 18.3. The standard InChI is InChI=1S/C44H60N2/c1-6-9-10-11-12-13-14-17-42(34-18-22-36(23-19-34)43(15-7-2)40-28-26-38(45)30-32(40)4)35-20-24-37(25-21-35)44(16-8-3)41-29-27-39(46)31-33(41)5/h18-31,42-44H,6-17,45-46H2,1-5H3. The zero-order valence-corrected chi connectivity index (χ0v) is 29.5. The fourth-order valence-corrected chi connectivity index (χ4v) is 7.51. The Morgan fingerprint density at radius 2 is 0.783 bits per heavy atom. The number of rotatable bonds is 18. The molecule has 4 rings (SSSR count). The van der Waals surface area contributed by atoms with Gasteiger partial charge in [-0.25, -0.2) is 0 Å². The topological polar surface area (TPSA) is 52.0 Å². The normalized spacial score (nSPS) is 13.4. The van der Waals surface area contributed by atoms with Crippen LogP contribution in [0, 0.1) is 13.8 Å². The van der Waals surface area contributed by atoms with Gasteiger partial charge >= 0.3 is 0 Å². The molecule has 0 aliphatic rings. The van der Waals surface area contributed by atoms with Crippen LogP contribution in [0.5, 0.6) is 0 Å². The van der Waals surface area contributed by atoms with Crippen LogP contribution in [0.4, 0.5) is 11.4 Å². The van der Waals surface area contributed by atoms with E-state index in [0.29, 0.717) is 17.8 Å². The summed E-state index contributed by atoms with van der Waals surface area (Å²) < 4.78 is 0. The number of nitrogens with two attached hydrogens (primary N) is 2. The van der Waals surface area contributed by atoms with E-state index in [9.17, 15) is 0 Å². The summed E-state index contributed by atoms with van der Waals surface area (Å²) in [6, 6.07) is 32.1. The lowest BCUT2D eigenvalue weighted by Crippen LogP contribution is -2.07. The lowest BCUT2D eigenvalue weighted by atomic mass is 9.81. The molecule has 4 aromatic rings. The van der Waals surface area contributed by atoms with Crippen LogP contribution in [-0.2, 0) is 0 Å². The summed E-state index contributed by atoms with van der Waals surface area (Å²) in [5.74, 6) is 1.20. The van der Waals surface area contributed by atoms with Crippen molar-refractivity contribution in [3.8, 4) is 0 Å². The van der Waals surface area contributed by atoms with Crippen LogP contribution < -0.4 is 11.5 Å². The van der Waals surface area contributed by atoms with Gasteiger partial charge in [-0.3, -0.25) is 0 Å². The molecule has 2 heteroatoms. The Morgan fingerprint density at radius 1 is 0.413 bits per heavy atom. The fraction of sp³-hybridized carbons (Fsp3) is 0.455. The van der Waals surface area contributed by atoms with E-state index >= 15 is 0 Å². The van der Waals surface area contributed by atoms with Gasteiger partial charge in [0.2, 0.25) is 0 Å². The predicted octanol–water partition coefficient (Wildman–Crippen LogP) is 12.6. The average Bonchev–Trinajstić information content (AvgIpc) is 3.05. The molecule has 0 fully saturated rings. The van der Waals surface area contributed by atoms with Crippen LogP contribution in [0.2, 0.25) is 0 Å². The first-order valence-corrected chi connectivity index (χ1v) is 18.3. The molecule has 2 nitrogen and oxygen atoms in total. The summed E-state index contributed by atoms with van der Waals surface area (Å²) in [5, 5.41) is 0. The Morgan fingerprint density at radius 3 is 1.15 bits per heavy atom. The largest absolute Gasteiger partial charge is 0.399 e. The van der Waals surface area contributed by atoms with Crippen molar-refractivity contribution in [1.82, 2.24) is 0 Å². The number of unbranched alkanes of at least 4 members (excludes halogenated alkanes) is 6. The van der Waals surface area contributed by atoms with Crippen LogP contribution in [0.1, 0.15) is 160 Å². The second kappa shape index (κ2) is 18.0. The lowest BCUT2D eigenvalue weighted by Gasteiger charge is -2.24. The molecule has 4 N–H and O–H groups in total. The maximum Gasteiger partial charge on any atom is 0.0316 e. The molecule has 0 spiro atoms. The molecule has 0 saturated carbocycles. The number of hydrogen-bond donors (Lipinski definition) is 2. The van der Waals surface area contributed by atoms with Gasteiger partial charge < -0.3 is 11.5 Å². The molecule has 0 aliphatic carbocycles. The molecule has 2 unspecified atom stereocenters. The molecule has 246 valence electrons. The van der Waals surface area contributed by atoms with E-state index in [1.165, 1.54) is 95.9 Å². The highest BCUT2D eigenvalue weighted by atomic mass is 14.5. The Kier molecular flexibility index (Phi) is 13.8. The van der Waals surface area contributed by atoms with Gasteiger partial charge in [0.15, 0.2) is 0 Å². The zero-order chi connectivity index (χ0) is 32.9. The van der Waals surface area contributed by atoms with Gasteiger partial charge in [-0.05, 0) is 102 Å². The summed E-state index contributed by atoms with van der Waals surface area (Å²) in [6.45, 7) is 11.3. The number of nitrogen functional groups attached to an aromatic ring is 2. The van der Waals surface area contributed by atoms with Crippen LogP contribution in [-0.4, -0.2) is 0 Å². The SMILES string of the molecule is CCCCCCCCCC(c1ccc(C(CCC)c2ccc(N)cc2C)cc1)c1ccc(C(CCC)c2ccc(N)cc2C)cc1. The molecule has 0 aliphatic heterocycles. The van der Waals surface area contributed by atoms with Crippen molar-refractivity contribution in [3.63, 3.8) is 0 Å². The minimum absolute atomic E-state index is 0.396. The van der Waals surface area contributed by atoms with Gasteiger partial charge in [-0.1, -0.05) is 139 Å². The van der Waals surface area contributed by atoms with Gasteiger partial charge in [-0.2, -0.15) is 0 Å². The lowest BCUT2D eigenvalue weighted by molar-refractivity contribution is 0.558. The van der Waals surface area contributed by atoms with Crippen molar-refractivity contribution >= 4 is 11.4 Å². The van der Waals surface area contributed by atoms with E-state index in [-0.39, 0.29) is 0 Å². The number of anilines is 2. The highest BCUT2D eigenvalue weighted by molar-refractivity contribution is 5.50. The minimum Gasteiger partial charge on any atom is -0.399 e. The summed E-state index contributed by atoms with van der Waals surface area (Å²) >= 11 is 0. The Balaban J connectivity index is 1.60. The highest BCUT2D eigenvalue weighted by Gasteiger charge is 2.20. The molecular formula is C44H60N2. The molecule has 0 radical (unpaired) electrons. The highest BCUT2D eigenvalue weighted by Crippen LogP contribution is 2.37. The number of hydrogen-bond acceptors (Lipinski definition) is 2. The second-order valence-corrected chi connectivity index (χ2v) is 13.7. The van der Waals surface area contributed by atoms with Crippen LogP contribution in [0.25, 0.3) is 0 Å². The molecule has 0 bridgehead atoms. The predicted molar refractivity (Wildman–Crippen MR) is 202 cm³/mol. The first kappa shape index (κ1) is 35.3. The van der Waals surface area contributed by atoms with E-state index in [2.05, 4.69) is 120 Å². The third-order valence-corrected chi connectivity index (χ3v) is 10.1. The molecule has 0 heterocycles. The van der Waals surface area contributed by atoms with Crippen LogP contribution >= 0.6 is 0 Å². The molecule has 0 amide bonds. The summed E-state index contributed by atoms with van der Waals surface area (Å²) in [6.07, 6.45) is 15.1. The van der Waals surface area contributed by atoms with Gasteiger partial charge in [0.05, 0.1) is 0 Å². The zero-order valence-electron chi connectivity index (χ0n) is 29.5. The fourth-order valence-electron chi connectivity index (χ4n) is 7.51. The molecule has 0 saturated heterocycles. The Bertz CT molecular complexity index is 1360. The van der Waals surface area contributed by atoms with Crippen molar-refractivity contribution in [2.24, 2.45) is 0 Å². The number of aryl methyl sites for hydroxylation is 2. The van der Waals surface area contributed by atoms with Crippen molar-refractivity contribution < 1.29 is 0 Å². The summed E-state index contributed by atoms with van der Waals surface area (Å²) in [5.41, 5.74) is 25.0. The summed E-state index contributed by atoms with van der Waals surface area (Å²) in [7, 11) is 0. The van der Waals surface area contributed by atoms with Gasteiger partial charge in [0.25, 0.3) is 0 Å². The van der Waals surface area contributed by atoms with Crippen molar-refractivity contribution in [3.05, 3.63) is 129 Å². The third-order valence-electron chi connectivity index (χ3n) is 10.1. The number of benzene rings is 4. The van der Waals surface area contributed by atoms with Gasteiger partial charge in [0.1, 0.15) is 0 Å². The maximum absolute atomic E-state index is 6.11. The van der Waals surface area contributed by atoms with Crippen molar-refractivity contribution in [2.75, 3.05) is 11.5 Å². The van der Waals surface area contributed by atoms with Gasteiger partial charge in [0, 0.05) is 29.1 Å². The molecular weight excluding hydrogens is 556 g/mol. The van der Waals surface area contributed by atoms with E-state index in [1.54, 1.807) is 0 Å². The smallest absolute Gasteiger partial charge is 0.0316 e.